The van der Waals surface area contributed by atoms with Crippen LogP contribution in [0.15, 0.2) is 42.9 Å². The van der Waals surface area contributed by atoms with E-state index in [0.29, 0.717) is 39.4 Å². The molecule has 0 amide bonds. The molecule has 9 N–H and O–H groups in total. The highest BCUT2D eigenvalue weighted by atomic mass is 19.4. The molecule has 0 aliphatic rings. The van der Waals surface area contributed by atoms with Crippen molar-refractivity contribution in [1.82, 2.24) is 20.0 Å². The average molecular weight is 433 g/mol. The lowest BCUT2D eigenvalue weighted by atomic mass is 10.1. The average Bonchev–Trinajstić information content (AvgIpc) is 2.67. The van der Waals surface area contributed by atoms with Crippen LogP contribution in [0.3, 0.4) is 0 Å². The van der Waals surface area contributed by atoms with Gasteiger partial charge in [-0.25, -0.2) is 20.8 Å². The van der Waals surface area contributed by atoms with Crippen LogP contribution in [0.1, 0.15) is 23.7 Å². The van der Waals surface area contributed by atoms with E-state index in [4.69, 9.17) is 23.0 Å². The molecule has 0 aliphatic heterocycles. The van der Waals surface area contributed by atoms with E-state index in [9.17, 15) is 13.2 Å². The second-order valence-electron chi connectivity index (χ2n) is 6.87. The van der Waals surface area contributed by atoms with Gasteiger partial charge in [0.05, 0.1) is 17.8 Å². The quantitative estimate of drug-likeness (QED) is 0.291. The molecule has 0 aliphatic carbocycles. The smallest absolute Gasteiger partial charge is 0.390 e. The molecule has 3 rings (SSSR count). The van der Waals surface area contributed by atoms with Crippen molar-refractivity contribution in [3.05, 3.63) is 54.1 Å². The summed E-state index contributed by atoms with van der Waals surface area (Å²) < 4.78 is 37.9. The first-order valence-corrected chi connectivity index (χ1v) is 9.09. The maximum Gasteiger partial charge on any atom is 0.390 e. The highest BCUT2D eigenvalue weighted by molar-refractivity contribution is 5.93. The Labute approximate surface area is 175 Å². The zero-order valence-corrected chi connectivity index (χ0v) is 16.6. The third kappa shape index (κ3) is 5.29. The number of rotatable bonds is 6. The van der Waals surface area contributed by atoms with Crippen molar-refractivity contribution in [2.45, 2.75) is 18.6 Å². The van der Waals surface area contributed by atoms with Gasteiger partial charge in [-0.1, -0.05) is 0 Å². The van der Waals surface area contributed by atoms with Gasteiger partial charge in [0.1, 0.15) is 17.5 Å². The van der Waals surface area contributed by atoms with Gasteiger partial charge >= 0.3 is 6.18 Å². The molecule has 0 saturated heterocycles. The van der Waals surface area contributed by atoms with Crippen molar-refractivity contribution in [3.8, 4) is 0 Å². The van der Waals surface area contributed by atoms with Gasteiger partial charge in [-0.2, -0.15) is 13.2 Å². The number of nitrogen functional groups attached to an aromatic ring is 1. The molecule has 0 saturated carbocycles. The zero-order chi connectivity index (χ0) is 22.8. The number of pyridine rings is 3. The van der Waals surface area contributed by atoms with Gasteiger partial charge in [0.25, 0.3) is 0 Å². The fourth-order valence-electron chi connectivity index (χ4n) is 3.00. The second-order valence-corrected chi connectivity index (χ2v) is 6.87. The van der Waals surface area contributed by atoms with Crippen LogP contribution in [0.2, 0.25) is 0 Å². The number of fused-ring (bicyclic) bond motifs is 1. The normalized spacial score (nSPS) is 13.3. The summed E-state index contributed by atoms with van der Waals surface area (Å²) in [5.74, 6) is 6.71. The van der Waals surface area contributed by atoms with Crippen LogP contribution in [-0.2, 0) is 0 Å². The fraction of sp³-hybridized carbons (Fsp3) is 0.211. The second kappa shape index (κ2) is 8.62. The lowest BCUT2D eigenvalue weighted by molar-refractivity contribution is -0.138. The summed E-state index contributed by atoms with van der Waals surface area (Å²) in [7, 11) is 1.61. The summed E-state index contributed by atoms with van der Waals surface area (Å²) in [5, 5.41) is 5.59. The Morgan fingerprint density at radius 1 is 1.23 bits per heavy atom. The Morgan fingerprint density at radius 3 is 2.58 bits per heavy atom. The Hall–Kier alpha value is -3.64. The molecule has 1 atom stereocenters. The summed E-state index contributed by atoms with van der Waals surface area (Å²) in [4.78, 5) is 12.7. The molecule has 0 radical (unpaired) electrons. The molecule has 3 aromatic rings. The first-order chi connectivity index (χ1) is 14.6. The maximum absolute atomic E-state index is 12.6. The molecule has 0 bridgehead atoms. The first-order valence-electron chi connectivity index (χ1n) is 9.09. The van der Waals surface area contributed by atoms with Gasteiger partial charge in [0.2, 0.25) is 0 Å². The lowest BCUT2D eigenvalue weighted by Crippen LogP contribution is -2.25. The number of nitrogens with zero attached hydrogens (tertiary/aromatic N) is 4. The van der Waals surface area contributed by atoms with E-state index in [0.717, 1.165) is 0 Å². The van der Waals surface area contributed by atoms with Crippen molar-refractivity contribution in [2.24, 2.45) is 17.3 Å². The van der Waals surface area contributed by atoms with Gasteiger partial charge in [0, 0.05) is 37.1 Å². The molecule has 9 nitrogen and oxygen atoms in total. The Bertz CT molecular complexity index is 1110. The van der Waals surface area contributed by atoms with Crippen LogP contribution in [0.25, 0.3) is 16.5 Å². The third-order valence-corrected chi connectivity index (χ3v) is 4.46. The van der Waals surface area contributed by atoms with E-state index in [1.807, 2.05) is 0 Å². The van der Waals surface area contributed by atoms with Crippen molar-refractivity contribution in [1.29, 1.82) is 0 Å². The number of aromatic nitrogens is 3. The van der Waals surface area contributed by atoms with Gasteiger partial charge in [0.15, 0.2) is 0 Å². The standard InChI is InChI=1S/C19H22F3N9/c1-31(26)15(8-23)14-4-11-6-17(28-9-12(11)18(25)29-14)30-16-5-10(2-3-27-16)13(24)7-19(20,21)22/h2-6,8-9,13H,7,23-24,26H2,1H3,(H2,25,29)(H,27,28,30)/b15-8-. The summed E-state index contributed by atoms with van der Waals surface area (Å²) in [6.07, 6.45) is -1.28. The van der Waals surface area contributed by atoms with Crippen molar-refractivity contribution >= 4 is 33.9 Å². The van der Waals surface area contributed by atoms with Crippen LogP contribution in [0.4, 0.5) is 30.6 Å². The Kier molecular flexibility index (Phi) is 6.13. The van der Waals surface area contributed by atoms with Crippen LogP contribution in [0.5, 0.6) is 0 Å². The molecular formula is C19H22F3N9. The van der Waals surface area contributed by atoms with E-state index in [-0.39, 0.29) is 5.82 Å². The number of halogens is 3. The van der Waals surface area contributed by atoms with E-state index in [1.165, 1.54) is 35.7 Å². The predicted octanol–water partition coefficient (Wildman–Crippen LogP) is 2.37. The van der Waals surface area contributed by atoms with Crippen LogP contribution in [0, 0.1) is 0 Å². The largest absolute Gasteiger partial charge is 0.403 e. The molecule has 0 aromatic carbocycles. The number of hydrogen-bond donors (Lipinski definition) is 5. The van der Waals surface area contributed by atoms with Gasteiger partial charge < -0.3 is 27.5 Å². The summed E-state index contributed by atoms with van der Waals surface area (Å²) >= 11 is 0. The number of anilines is 3. The SMILES string of the molecule is CN(N)/C(=C\N)c1cc2cc(Nc3cc(C(N)CC(F)(F)F)ccn3)ncc2c(N)n1. The minimum Gasteiger partial charge on any atom is -0.403 e. The van der Waals surface area contributed by atoms with Gasteiger partial charge in [-0.05, 0) is 35.2 Å². The van der Waals surface area contributed by atoms with E-state index in [2.05, 4.69) is 20.3 Å². The first kappa shape index (κ1) is 22.1. The molecule has 0 spiro atoms. The molecule has 3 heterocycles. The van der Waals surface area contributed by atoms with Crippen LogP contribution >= 0.6 is 0 Å². The highest BCUT2D eigenvalue weighted by Gasteiger charge is 2.31. The maximum atomic E-state index is 12.6. The number of alkyl halides is 3. The van der Waals surface area contributed by atoms with Crippen LogP contribution in [-0.4, -0.2) is 33.2 Å². The van der Waals surface area contributed by atoms with Gasteiger partial charge in [-0.3, -0.25) is 0 Å². The number of nitrogens with two attached hydrogens (primary N) is 4. The van der Waals surface area contributed by atoms with E-state index < -0.39 is 18.6 Å². The minimum absolute atomic E-state index is 0.242. The molecule has 1 unspecified atom stereocenters. The molecule has 3 aromatic heterocycles. The van der Waals surface area contributed by atoms with E-state index in [1.54, 1.807) is 19.2 Å². The monoisotopic (exact) mass is 433 g/mol. The molecule has 31 heavy (non-hydrogen) atoms. The Balaban J connectivity index is 1.91. The summed E-state index contributed by atoms with van der Waals surface area (Å²) in [5.41, 5.74) is 18.6. The molecular weight excluding hydrogens is 411 g/mol. The molecule has 164 valence electrons. The lowest BCUT2D eigenvalue weighted by Gasteiger charge is -2.17. The van der Waals surface area contributed by atoms with Crippen molar-refractivity contribution in [2.75, 3.05) is 18.1 Å². The van der Waals surface area contributed by atoms with Crippen molar-refractivity contribution in [3.63, 3.8) is 0 Å². The predicted molar refractivity (Wildman–Crippen MR) is 113 cm³/mol. The molecule has 12 heteroatoms. The summed E-state index contributed by atoms with van der Waals surface area (Å²) in [6.45, 7) is 0. The fourth-order valence-corrected chi connectivity index (χ4v) is 3.00. The van der Waals surface area contributed by atoms with E-state index >= 15 is 0 Å². The van der Waals surface area contributed by atoms with Crippen LogP contribution < -0.4 is 28.4 Å². The Morgan fingerprint density at radius 2 is 1.94 bits per heavy atom. The number of nitrogens with one attached hydrogen (secondary N) is 1. The summed E-state index contributed by atoms with van der Waals surface area (Å²) in [6, 6.07) is 5.14. The minimum atomic E-state index is -4.36. The highest BCUT2D eigenvalue weighted by Crippen LogP contribution is 2.29. The molecule has 0 fully saturated rings. The zero-order valence-electron chi connectivity index (χ0n) is 16.6. The topological polar surface area (TPSA) is 158 Å². The van der Waals surface area contributed by atoms with Crippen molar-refractivity contribution < 1.29 is 13.2 Å². The van der Waals surface area contributed by atoms with Gasteiger partial charge in [-0.15, -0.1) is 0 Å². The number of hydrogen-bond acceptors (Lipinski definition) is 9. The number of hydrazine groups is 1. The third-order valence-electron chi connectivity index (χ3n) is 4.46.